The maximum atomic E-state index is 10.8. The molecule has 0 aromatic carbocycles. The number of nitrogens with one attached hydrogen (secondary N) is 2. The highest BCUT2D eigenvalue weighted by Gasteiger charge is 2.27. The molecular weight excluding hydrogens is 224 g/mol. The smallest absolute Gasteiger partial charge is 0.216 e. The average Bonchev–Trinajstić information content (AvgIpc) is 2.48. The Bertz CT molecular complexity index is 258. The van der Waals surface area contributed by atoms with E-state index in [-0.39, 0.29) is 5.91 Å². The summed E-state index contributed by atoms with van der Waals surface area (Å²) in [5, 5.41) is 6.41. The Morgan fingerprint density at radius 3 is 2.44 bits per heavy atom. The van der Waals surface area contributed by atoms with Crippen LogP contribution in [0.4, 0.5) is 0 Å². The van der Waals surface area contributed by atoms with Crippen LogP contribution >= 0.6 is 0 Å². The standard InChI is InChI=1S/C15H30N2O/c1-12(18)16-10-11-17-14-7-5-6-13(8-9-14)15(2,3)4/h13-14,17H,5-11H2,1-4H3,(H,16,18). The van der Waals surface area contributed by atoms with Crippen LogP contribution in [0.3, 0.4) is 0 Å². The third-order valence-corrected chi connectivity index (χ3v) is 4.13. The molecule has 106 valence electrons. The van der Waals surface area contributed by atoms with Crippen molar-refractivity contribution < 1.29 is 4.79 Å². The molecule has 0 aliphatic heterocycles. The molecule has 2 unspecified atom stereocenters. The summed E-state index contributed by atoms with van der Waals surface area (Å²) in [7, 11) is 0. The second-order valence-corrected chi connectivity index (χ2v) is 6.71. The minimum absolute atomic E-state index is 0.0606. The average molecular weight is 254 g/mol. The van der Waals surface area contributed by atoms with Crippen molar-refractivity contribution in [2.24, 2.45) is 11.3 Å². The molecule has 0 spiro atoms. The van der Waals surface area contributed by atoms with E-state index in [2.05, 4.69) is 31.4 Å². The summed E-state index contributed by atoms with van der Waals surface area (Å²) in [6.45, 7) is 10.3. The fourth-order valence-corrected chi connectivity index (χ4v) is 2.89. The first-order chi connectivity index (χ1) is 8.39. The minimum Gasteiger partial charge on any atom is -0.355 e. The summed E-state index contributed by atoms with van der Waals surface area (Å²) < 4.78 is 0. The molecule has 1 aliphatic rings. The molecule has 3 heteroatoms. The van der Waals surface area contributed by atoms with Crippen LogP contribution in [-0.2, 0) is 4.79 Å². The van der Waals surface area contributed by atoms with Crippen LogP contribution < -0.4 is 10.6 Å². The van der Waals surface area contributed by atoms with E-state index < -0.39 is 0 Å². The van der Waals surface area contributed by atoms with Crippen molar-refractivity contribution in [1.82, 2.24) is 10.6 Å². The van der Waals surface area contributed by atoms with Crippen LogP contribution in [0.5, 0.6) is 0 Å². The number of hydrogen-bond donors (Lipinski definition) is 2. The number of hydrogen-bond acceptors (Lipinski definition) is 2. The number of carbonyl (C=O) groups is 1. The molecule has 0 bridgehead atoms. The van der Waals surface area contributed by atoms with Gasteiger partial charge in [0.2, 0.25) is 5.91 Å². The van der Waals surface area contributed by atoms with Gasteiger partial charge in [-0.05, 0) is 37.0 Å². The van der Waals surface area contributed by atoms with Gasteiger partial charge in [0.25, 0.3) is 0 Å². The molecular formula is C15H30N2O. The highest BCUT2D eigenvalue weighted by Crippen LogP contribution is 2.36. The summed E-state index contributed by atoms with van der Waals surface area (Å²) >= 11 is 0. The number of rotatable bonds is 4. The Hall–Kier alpha value is -0.570. The third kappa shape index (κ3) is 5.85. The van der Waals surface area contributed by atoms with Gasteiger partial charge in [0.15, 0.2) is 0 Å². The molecule has 0 aromatic rings. The Morgan fingerprint density at radius 2 is 1.83 bits per heavy atom. The molecule has 1 fully saturated rings. The zero-order valence-electron chi connectivity index (χ0n) is 12.5. The first kappa shape index (κ1) is 15.5. The van der Waals surface area contributed by atoms with Crippen molar-refractivity contribution in [3.05, 3.63) is 0 Å². The van der Waals surface area contributed by atoms with Crippen molar-refractivity contribution in [3.8, 4) is 0 Å². The van der Waals surface area contributed by atoms with E-state index in [1.54, 1.807) is 6.92 Å². The fourth-order valence-electron chi connectivity index (χ4n) is 2.89. The predicted molar refractivity (Wildman–Crippen MR) is 76.5 cm³/mol. The van der Waals surface area contributed by atoms with Crippen molar-refractivity contribution in [1.29, 1.82) is 0 Å². The Morgan fingerprint density at radius 1 is 1.11 bits per heavy atom. The van der Waals surface area contributed by atoms with Crippen LogP contribution in [0.25, 0.3) is 0 Å². The summed E-state index contributed by atoms with van der Waals surface area (Å²) in [5.41, 5.74) is 0.449. The van der Waals surface area contributed by atoms with Gasteiger partial charge in [0.1, 0.15) is 0 Å². The van der Waals surface area contributed by atoms with Crippen molar-refractivity contribution in [2.45, 2.75) is 65.8 Å². The van der Waals surface area contributed by atoms with E-state index in [1.165, 1.54) is 32.1 Å². The number of amides is 1. The van der Waals surface area contributed by atoms with Crippen LogP contribution in [0.15, 0.2) is 0 Å². The minimum atomic E-state index is 0.0606. The van der Waals surface area contributed by atoms with Crippen LogP contribution in [-0.4, -0.2) is 25.0 Å². The second kappa shape index (κ2) is 7.13. The van der Waals surface area contributed by atoms with Crippen molar-refractivity contribution in [2.75, 3.05) is 13.1 Å². The molecule has 0 saturated heterocycles. The van der Waals surface area contributed by atoms with Gasteiger partial charge in [-0.25, -0.2) is 0 Å². The predicted octanol–water partition coefficient (Wildman–Crippen LogP) is 2.71. The van der Waals surface area contributed by atoms with E-state index >= 15 is 0 Å². The summed E-state index contributed by atoms with van der Waals surface area (Å²) in [6, 6.07) is 0.645. The normalized spacial score (nSPS) is 25.6. The molecule has 18 heavy (non-hydrogen) atoms. The van der Waals surface area contributed by atoms with Gasteiger partial charge >= 0.3 is 0 Å². The fraction of sp³-hybridized carbons (Fsp3) is 0.933. The SMILES string of the molecule is CC(=O)NCCNC1CCCC(C(C)(C)C)CC1. The maximum Gasteiger partial charge on any atom is 0.216 e. The van der Waals surface area contributed by atoms with Crippen LogP contribution in [0.1, 0.15) is 59.8 Å². The molecule has 1 saturated carbocycles. The van der Waals surface area contributed by atoms with Crippen molar-refractivity contribution >= 4 is 5.91 Å². The van der Waals surface area contributed by atoms with Crippen LogP contribution in [0.2, 0.25) is 0 Å². The van der Waals surface area contributed by atoms with E-state index in [4.69, 9.17) is 0 Å². The lowest BCUT2D eigenvalue weighted by Crippen LogP contribution is -2.36. The van der Waals surface area contributed by atoms with E-state index in [1.807, 2.05) is 0 Å². The molecule has 0 aromatic heterocycles. The zero-order chi connectivity index (χ0) is 13.6. The lowest BCUT2D eigenvalue weighted by molar-refractivity contribution is -0.118. The van der Waals surface area contributed by atoms with Gasteiger partial charge in [-0.15, -0.1) is 0 Å². The van der Waals surface area contributed by atoms with Gasteiger partial charge in [-0.1, -0.05) is 27.2 Å². The Labute approximate surface area is 112 Å². The quantitative estimate of drug-likeness (QED) is 0.598. The zero-order valence-corrected chi connectivity index (χ0v) is 12.5. The van der Waals surface area contributed by atoms with E-state index in [9.17, 15) is 4.79 Å². The maximum absolute atomic E-state index is 10.8. The topological polar surface area (TPSA) is 41.1 Å². The molecule has 1 rings (SSSR count). The number of carbonyl (C=O) groups excluding carboxylic acids is 1. The van der Waals surface area contributed by atoms with Gasteiger partial charge in [-0.3, -0.25) is 4.79 Å². The molecule has 2 N–H and O–H groups in total. The van der Waals surface area contributed by atoms with Gasteiger partial charge in [0, 0.05) is 26.1 Å². The molecule has 1 amide bonds. The van der Waals surface area contributed by atoms with Gasteiger partial charge in [0.05, 0.1) is 0 Å². The van der Waals surface area contributed by atoms with E-state index in [0.717, 1.165) is 19.0 Å². The summed E-state index contributed by atoms with van der Waals surface area (Å²) in [4.78, 5) is 10.8. The monoisotopic (exact) mass is 254 g/mol. The summed E-state index contributed by atoms with van der Waals surface area (Å²) in [5.74, 6) is 0.921. The molecule has 2 atom stereocenters. The van der Waals surface area contributed by atoms with E-state index in [0.29, 0.717) is 11.5 Å². The molecule has 1 aliphatic carbocycles. The Balaban J connectivity index is 2.23. The molecule has 0 heterocycles. The summed E-state index contributed by atoms with van der Waals surface area (Å²) in [6.07, 6.45) is 6.60. The third-order valence-electron chi connectivity index (χ3n) is 4.13. The van der Waals surface area contributed by atoms with Crippen molar-refractivity contribution in [3.63, 3.8) is 0 Å². The van der Waals surface area contributed by atoms with Gasteiger partial charge < -0.3 is 10.6 Å². The largest absolute Gasteiger partial charge is 0.355 e. The lowest BCUT2D eigenvalue weighted by Gasteiger charge is -2.29. The second-order valence-electron chi connectivity index (χ2n) is 6.71. The molecule has 0 radical (unpaired) electrons. The van der Waals surface area contributed by atoms with Crippen LogP contribution in [0, 0.1) is 11.3 Å². The first-order valence-corrected chi connectivity index (χ1v) is 7.37. The highest BCUT2D eigenvalue weighted by atomic mass is 16.1. The first-order valence-electron chi connectivity index (χ1n) is 7.37. The Kier molecular flexibility index (Phi) is 6.13. The van der Waals surface area contributed by atoms with Gasteiger partial charge in [-0.2, -0.15) is 0 Å². The molecule has 3 nitrogen and oxygen atoms in total. The lowest BCUT2D eigenvalue weighted by atomic mass is 9.76. The highest BCUT2D eigenvalue weighted by molar-refractivity contribution is 5.72.